The van der Waals surface area contributed by atoms with E-state index in [1.165, 1.54) is 11.1 Å². The molecule has 0 saturated carbocycles. The van der Waals surface area contributed by atoms with Crippen LogP contribution in [0.3, 0.4) is 0 Å². The average Bonchev–Trinajstić information content (AvgIpc) is 2.08. The maximum absolute atomic E-state index is 10.7. The minimum atomic E-state index is -0.468. The van der Waals surface area contributed by atoms with Gasteiger partial charge in [0.1, 0.15) is 0 Å². The van der Waals surface area contributed by atoms with E-state index in [0.717, 1.165) is 12.8 Å². The number of nitrogens with two attached hydrogens (primary N) is 1. The van der Waals surface area contributed by atoms with Crippen LogP contribution in [0, 0.1) is 0 Å². The molecule has 0 unspecified atom stereocenters. The van der Waals surface area contributed by atoms with E-state index in [0.29, 0.717) is 11.3 Å². The molecule has 0 bridgehead atoms. The monoisotopic (exact) mass is 195 g/mol. The Kier molecular flexibility index (Phi) is 3.37. The number of hydrogen-bond donors (Lipinski definition) is 1. The van der Waals surface area contributed by atoms with Crippen molar-refractivity contribution >= 4 is 23.0 Å². The Hall–Kier alpha value is -0.960. The highest BCUT2D eigenvalue weighted by Gasteiger charge is 2.10. The number of primary amides is 1. The first-order chi connectivity index (χ1) is 6.11. The normalized spacial score (nSPS) is 16.1. The van der Waals surface area contributed by atoms with Gasteiger partial charge in [-0.15, -0.1) is 0 Å². The molecule has 0 aliphatic heterocycles. The third-order valence-electron chi connectivity index (χ3n) is 2.19. The lowest BCUT2D eigenvalue weighted by Gasteiger charge is -2.12. The van der Waals surface area contributed by atoms with Crippen molar-refractivity contribution in [2.45, 2.75) is 26.2 Å². The van der Waals surface area contributed by atoms with Crippen LogP contribution in [0.15, 0.2) is 23.3 Å². The van der Waals surface area contributed by atoms with Gasteiger partial charge in [0.2, 0.25) is 0 Å². The Labute approximate surface area is 83.5 Å². The van der Waals surface area contributed by atoms with Crippen molar-refractivity contribution in [2.24, 2.45) is 5.73 Å². The van der Waals surface area contributed by atoms with E-state index in [-0.39, 0.29) is 0 Å². The Morgan fingerprint density at radius 1 is 1.69 bits per heavy atom. The number of rotatable bonds is 3. The summed E-state index contributed by atoms with van der Waals surface area (Å²) in [4.78, 5) is 11.1. The number of allylic oxidation sites excluding steroid dienone is 4. The van der Waals surface area contributed by atoms with Crippen LogP contribution >= 0.6 is 12.2 Å². The summed E-state index contributed by atoms with van der Waals surface area (Å²) >= 11 is 4.88. The standard InChI is InChI=1S/C10H13NOS/c1-7-4-2-3-5-8(7)6-9(13)10(11)12/h2,4H,3,5-6H2,1H3,(H2,11,12). The maximum Gasteiger partial charge on any atom is 0.255 e. The molecule has 0 aromatic heterocycles. The van der Waals surface area contributed by atoms with Crippen LogP contribution in [0.4, 0.5) is 0 Å². The second kappa shape index (κ2) is 4.33. The molecular weight excluding hydrogens is 182 g/mol. The van der Waals surface area contributed by atoms with Gasteiger partial charge < -0.3 is 5.73 Å². The molecule has 0 saturated heterocycles. The lowest BCUT2D eigenvalue weighted by atomic mass is 9.95. The largest absolute Gasteiger partial charge is 0.365 e. The minimum Gasteiger partial charge on any atom is -0.365 e. The summed E-state index contributed by atoms with van der Waals surface area (Å²) in [6.45, 7) is 2.04. The molecule has 2 nitrogen and oxygen atoms in total. The van der Waals surface area contributed by atoms with Crippen molar-refractivity contribution in [1.29, 1.82) is 0 Å². The molecule has 2 N–H and O–H groups in total. The number of hydrogen-bond acceptors (Lipinski definition) is 2. The van der Waals surface area contributed by atoms with E-state index >= 15 is 0 Å². The van der Waals surface area contributed by atoms with Gasteiger partial charge in [-0.1, -0.05) is 35.5 Å². The van der Waals surface area contributed by atoms with E-state index < -0.39 is 5.91 Å². The van der Waals surface area contributed by atoms with Crippen LogP contribution in [-0.4, -0.2) is 10.8 Å². The predicted octanol–water partition coefficient (Wildman–Crippen LogP) is 1.90. The Morgan fingerprint density at radius 2 is 2.38 bits per heavy atom. The summed E-state index contributed by atoms with van der Waals surface area (Å²) in [6, 6.07) is 0. The second-order valence-electron chi connectivity index (χ2n) is 3.19. The molecular formula is C10H13NOS. The van der Waals surface area contributed by atoms with Gasteiger partial charge in [0.05, 0.1) is 4.86 Å². The molecule has 0 fully saturated rings. The summed E-state index contributed by atoms with van der Waals surface area (Å²) in [5, 5.41) is 0. The van der Waals surface area contributed by atoms with Crippen molar-refractivity contribution in [2.75, 3.05) is 0 Å². The van der Waals surface area contributed by atoms with Crippen molar-refractivity contribution < 1.29 is 4.79 Å². The van der Waals surface area contributed by atoms with Crippen LogP contribution < -0.4 is 5.73 Å². The van der Waals surface area contributed by atoms with Crippen molar-refractivity contribution in [3.05, 3.63) is 23.3 Å². The average molecular weight is 195 g/mol. The van der Waals surface area contributed by atoms with Crippen LogP contribution in [0.2, 0.25) is 0 Å². The van der Waals surface area contributed by atoms with E-state index in [1.54, 1.807) is 0 Å². The summed E-state index contributed by atoms with van der Waals surface area (Å²) < 4.78 is 0. The first-order valence-corrected chi connectivity index (χ1v) is 4.70. The van der Waals surface area contributed by atoms with E-state index in [9.17, 15) is 4.79 Å². The lowest BCUT2D eigenvalue weighted by molar-refractivity contribution is -0.111. The van der Waals surface area contributed by atoms with Gasteiger partial charge in [0.15, 0.2) is 0 Å². The highest BCUT2D eigenvalue weighted by atomic mass is 32.1. The number of amides is 1. The summed E-state index contributed by atoms with van der Waals surface area (Å²) in [7, 11) is 0. The highest BCUT2D eigenvalue weighted by molar-refractivity contribution is 7.82. The highest BCUT2D eigenvalue weighted by Crippen LogP contribution is 2.21. The molecule has 0 atom stereocenters. The third-order valence-corrected chi connectivity index (χ3v) is 2.53. The van der Waals surface area contributed by atoms with Crippen molar-refractivity contribution in [3.8, 4) is 0 Å². The fourth-order valence-corrected chi connectivity index (χ4v) is 1.52. The fraction of sp³-hybridized carbons (Fsp3) is 0.400. The Morgan fingerprint density at radius 3 is 2.92 bits per heavy atom. The molecule has 3 heteroatoms. The van der Waals surface area contributed by atoms with Crippen molar-refractivity contribution in [3.63, 3.8) is 0 Å². The molecule has 1 aliphatic carbocycles. The van der Waals surface area contributed by atoms with Gasteiger partial charge in [-0.3, -0.25) is 4.79 Å². The van der Waals surface area contributed by atoms with Gasteiger partial charge in [0.25, 0.3) is 5.91 Å². The van der Waals surface area contributed by atoms with E-state index in [4.69, 9.17) is 18.0 Å². The van der Waals surface area contributed by atoms with Crippen LogP contribution in [0.1, 0.15) is 26.2 Å². The zero-order valence-electron chi connectivity index (χ0n) is 7.67. The molecule has 1 aliphatic rings. The van der Waals surface area contributed by atoms with Gasteiger partial charge in [-0.25, -0.2) is 0 Å². The van der Waals surface area contributed by atoms with E-state index in [1.807, 2.05) is 6.92 Å². The van der Waals surface area contributed by atoms with Gasteiger partial charge in [0, 0.05) is 6.42 Å². The Bertz CT molecular complexity index is 302. The molecule has 0 radical (unpaired) electrons. The zero-order valence-corrected chi connectivity index (χ0v) is 8.49. The topological polar surface area (TPSA) is 43.1 Å². The molecule has 1 amide bonds. The van der Waals surface area contributed by atoms with E-state index in [2.05, 4.69) is 12.2 Å². The second-order valence-corrected chi connectivity index (χ2v) is 3.68. The summed E-state index contributed by atoms with van der Waals surface area (Å²) in [5.41, 5.74) is 7.54. The molecule has 13 heavy (non-hydrogen) atoms. The molecule has 0 aromatic rings. The molecule has 0 aromatic carbocycles. The zero-order chi connectivity index (χ0) is 9.84. The van der Waals surface area contributed by atoms with Gasteiger partial charge in [-0.05, 0) is 19.8 Å². The fourth-order valence-electron chi connectivity index (χ4n) is 1.34. The third kappa shape index (κ3) is 2.77. The SMILES string of the molecule is CC1=C(CC(=S)C(N)=O)CCC=C1. The van der Waals surface area contributed by atoms with Crippen molar-refractivity contribution in [1.82, 2.24) is 0 Å². The molecule has 1 rings (SSSR count). The molecule has 0 spiro atoms. The maximum atomic E-state index is 10.7. The molecule has 70 valence electrons. The summed E-state index contributed by atoms with van der Waals surface area (Å²) in [6.07, 6.45) is 6.79. The first-order valence-electron chi connectivity index (χ1n) is 4.29. The summed E-state index contributed by atoms with van der Waals surface area (Å²) in [5.74, 6) is -0.468. The molecule has 0 heterocycles. The van der Waals surface area contributed by atoms with Gasteiger partial charge >= 0.3 is 0 Å². The lowest BCUT2D eigenvalue weighted by Crippen LogP contribution is -2.21. The minimum absolute atomic E-state index is 0.338. The van der Waals surface area contributed by atoms with Gasteiger partial charge in [-0.2, -0.15) is 0 Å². The number of carbonyl (C=O) groups excluding carboxylic acids is 1. The number of carbonyl (C=O) groups is 1. The quantitative estimate of drug-likeness (QED) is 0.699. The van der Waals surface area contributed by atoms with Crippen LogP contribution in [0.5, 0.6) is 0 Å². The van der Waals surface area contributed by atoms with Crippen LogP contribution in [0.25, 0.3) is 0 Å². The smallest absolute Gasteiger partial charge is 0.255 e. The first kappa shape index (κ1) is 10.1. The Balaban J connectivity index is 2.68. The number of thiocarbonyl (C=S) groups is 1. The van der Waals surface area contributed by atoms with Crippen LogP contribution in [-0.2, 0) is 4.79 Å². The predicted molar refractivity (Wildman–Crippen MR) is 57.5 cm³/mol.